The van der Waals surface area contributed by atoms with Gasteiger partial charge in [-0.25, -0.2) is 0 Å². The Bertz CT molecular complexity index is 1120. The van der Waals surface area contributed by atoms with E-state index in [2.05, 4.69) is 69.4 Å². The van der Waals surface area contributed by atoms with E-state index in [-0.39, 0.29) is 31.1 Å². The molecule has 1 atom stereocenters. The molecule has 0 saturated carbocycles. The zero-order valence-corrected chi connectivity index (χ0v) is 42.6. The molecule has 6 nitrogen and oxygen atoms in total. The highest BCUT2D eigenvalue weighted by atomic mass is 16.6. The van der Waals surface area contributed by atoms with Crippen molar-refractivity contribution in [2.75, 3.05) is 13.2 Å². The van der Waals surface area contributed by atoms with Crippen LogP contribution >= 0.6 is 0 Å². The standard InChI is InChI=1S/C58H104O6/c1-4-7-10-13-16-18-20-22-24-25-26-27-28-29-30-31-32-33-35-36-38-40-42-45-48-51-57(60)63-54-55(53-62-56(59)50-47-44-15-12-9-6-3)64-58(61)52-49-46-43-41-39-37-34-23-21-19-17-14-11-8-5-2/h7,10,16,18,22,24,26-27,55H,4-6,8-9,11-15,17,19-21,23,25,28-54H2,1-3H3/b10-7-,18-16-,24-22-,27-26-. The van der Waals surface area contributed by atoms with E-state index < -0.39 is 6.10 Å². The van der Waals surface area contributed by atoms with Crippen LogP contribution in [0.5, 0.6) is 0 Å². The molecular weight excluding hydrogens is 793 g/mol. The van der Waals surface area contributed by atoms with Gasteiger partial charge in [-0.15, -0.1) is 0 Å². The van der Waals surface area contributed by atoms with E-state index in [1.54, 1.807) is 0 Å². The lowest BCUT2D eigenvalue weighted by molar-refractivity contribution is -0.167. The van der Waals surface area contributed by atoms with Crippen LogP contribution in [-0.2, 0) is 28.6 Å². The lowest BCUT2D eigenvalue weighted by Crippen LogP contribution is -2.30. The number of esters is 3. The third kappa shape index (κ3) is 50.4. The van der Waals surface area contributed by atoms with Crippen molar-refractivity contribution in [3.63, 3.8) is 0 Å². The molecule has 372 valence electrons. The van der Waals surface area contributed by atoms with Crippen LogP contribution in [0, 0.1) is 0 Å². The van der Waals surface area contributed by atoms with Gasteiger partial charge in [-0.2, -0.15) is 0 Å². The molecular formula is C58H104O6. The summed E-state index contributed by atoms with van der Waals surface area (Å²) >= 11 is 0. The summed E-state index contributed by atoms with van der Waals surface area (Å²) in [6.07, 6.45) is 64.2. The second-order valence-corrected chi connectivity index (χ2v) is 18.5. The fourth-order valence-electron chi connectivity index (χ4n) is 7.96. The average Bonchev–Trinajstić information content (AvgIpc) is 3.29. The first-order chi connectivity index (χ1) is 31.5. The molecule has 0 aliphatic rings. The van der Waals surface area contributed by atoms with E-state index >= 15 is 0 Å². The van der Waals surface area contributed by atoms with Crippen molar-refractivity contribution in [1.29, 1.82) is 0 Å². The van der Waals surface area contributed by atoms with Crippen molar-refractivity contribution in [3.05, 3.63) is 48.6 Å². The maximum absolute atomic E-state index is 12.8. The van der Waals surface area contributed by atoms with E-state index in [0.717, 1.165) is 83.5 Å². The van der Waals surface area contributed by atoms with Crippen LogP contribution in [0.3, 0.4) is 0 Å². The zero-order chi connectivity index (χ0) is 46.5. The number of unbranched alkanes of at least 4 members (excludes halogenated alkanes) is 31. The van der Waals surface area contributed by atoms with Gasteiger partial charge in [-0.05, 0) is 57.8 Å². The molecule has 0 bridgehead atoms. The quantitative estimate of drug-likeness (QED) is 0.0262. The van der Waals surface area contributed by atoms with E-state index in [9.17, 15) is 14.4 Å². The molecule has 0 amide bonds. The summed E-state index contributed by atoms with van der Waals surface area (Å²) in [7, 11) is 0. The topological polar surface area (TPSA) is 78.9 Å². The van der Waals surface area contributed by atoms with Gasteiger partial charge < -0.3 is 14.2 Å². The third-order valence-electron chi connectivity index (χ3n) is 12.1. The van der Waals surface area contributed by atoms with Crippen molar-refractivity contribution in [2.45, 2.75) is 290 Å². The highest BCUT2D eigenvalue weighted by molar-refractivity contribution is 5.71. The predicted octanol–water partition coefficient (Wildman–Crippen LogP) is 18.3. The lowest BCUT2D eigenvalue weighted by Gasteiger charge is -2.18. The zero-order valence-electron chi connectivity index (χ0n) is 42.6. The average molecular weight is 897 g/mol. The molecule has 6 heteroatoms. The number of hydrogen-bond acceptors (Lipinski definition) is 6. The van der Waals surface area contributed by atoms with Gasteiger partial charge in [-0.1, -0.05) is 256 Å². The summed E-state index contributed by atoms with van der Waals surface area (Å²) in [5, 5.41) is 0. The van der Waals surface area contributed by atoms with Crippen molar-refractivity contribution < 1.29 is 28.6 Å². The summed E-state index contributed by atoms with van der Waals surface area (Å²) in [4.78, 5) is 37.8. The monoisotopic (exact) mass is 897 g/mol. The van der Waals surface area contributed by atoms with Gasteiger partial charge in [0.2, 0.25) is 0 Å². The molecule has 0 aliphatic carbocycles. The smallest absolute Gasteiger partial charge is 0.306 e. The summed E-state index contributed by atoms with van der Waals surface area (Å²) in [5.74, 6) is -0.869. The van der Waals surface area contributed by atoms with E-state index in [0.29, 0.717) is 19.3 Å². The highest BCUT2D eigenvalue weighted by Crippen LogP contribution is 2.16. The number of rotatable bonds is 50. The molecule has 0 aromatic heterocycles. The van der Waals surface area contributed by atoms with Gasteiger partial charge in [0.1, 0.15) is 13.2 Å². The van der Waals surface area contributed by atoms with Gasteiger partial charge in [0.15, 0.2) is 6.10 Å². The Morgan fingerprint density at radius 3 is 0.953 bits per heavy atom. The Morgan fingerprint density at radius 2 is 0.609 bits per heavy atom. The van der Waals surface area contributed by atoms with Crippen molar-refractivity contribution in [1.82, 2.24) is 0 Å². The number of carbonyl (C=O) groups excluding carboxylic acids is 3. The third-order valence-corrected chi connectivity index (χ3v) is 12.1. The maximum Gasteiger partial charge on any atom is 0.306 e. The maximum atomic E-state index is 12.8. The molecule has 0 saturated heterocycles. The molecule has 0 fully saturated rings. The molecule has 0 rings (SSSR count). The largest absolute Gasteiger partial charge is 0.462 e. The lowest BCUT2D eigenvalue weighted by atomic mass is 10.0. The second kappa shape index (κ2) is 53.0. The Kier molecular flexibility index (Phi) is 50.8. The second-order valence-electron chi connectivity index (χ2n) is 18.5. The minimum atomic E-state index is -0.766. The van der Waals surface area contributed by atoms with Gasteiger partial charge in [0.25, 0.3) is 0 Å². The molecule has 0 aromatic carbocycles. The summed E-state index contributed by atoms with van der Waals surface area (Å²) in [6, 6.07) is 0. The number of allylic oxidation sites excluding steroid dienone is 8. The van der Waals surface area contributed by atoms with Gasteiger partial charge >= 0.3 is 17.9 Å². The Balaban J connectivity index is 4.09. The molecule has 1 unspecified atom stereocenters. The van der Waals surface area contributed by atoms with Crippen molar-refractivity contribution >= 4 is 17.9 Å². The summed E-state index contributed by atoms with van der Waals surface area (Å²) in [5.41, 5.74) is 0. The Hall–Kier alpha value is -2.63. The fraction of sp³-hybridized carbons (Fsp3) is 0.810. The summed E-state index contributed by atoms with van der Waals surface area (Å²) < 4.78 is 16.7. The van der Waals surface area contributed by atoms with Crippen molar-refractivity contribution in [2.24, 2.45) is 0 Å². The highest BCUT2D eigenvalue weighted by Gasteiger charge is 2.19. The number of carbonyl (C=O) groups is 3. The van der Waals surface area contributed by atoms with E-state index in [1.165, 1.54) is 161 Å². The van der Waals surface area contributed by atoms with Crippen LogP contribution in [0.1, 0.15) is 284 Å². The van der Waals surface area contributed by atoms with Crippen LogP contribution in [0.25, 0.3) is 0 Å². The van der Waals surface area contributed by atoms with Gasteiger partial charge in [0, 0.05) is 19.3 Å². The molecule has 0 radical (unpaired) electrons. The number of ether oxygens (including phenoxy) is 3. The molecule has 64 heavy (non-hydrogen) atoms. The van der Waals surface area contributed by atoms with Crippen LogP contribution < -0.4 is 0 Å². The van der Waals surface area contributed by atoms with Crippen molar-refractivity contribution in [3.8, 4) is 0 Å². The Morgan fingerprint density at radius 1 is 0.328 bits per heavy atom. The molecule has 0 N–H and O–H groups in total. The van der Waals surface area contributed by atoms with Crippen LogP contribution in [0.4, 0.5) is 0 Å². The van der Waals surface area contributed by atoms with E-state index in [1.807, 2.05) is 0 Å². The fourth-order valence-corrected chi connectivity index (χ4v) is 7.96. The first kappa shape index (κ1) is 61.4. The SMILES string of the molecule is CC/C=C\C/C=C\C/C=C\C/C=C\CCCCCCCCCCCCCCC(=O)OCC(COC(=O)CCCCCCCC)OC(=O)CCCCCCCCCCCCCCCCC. The minimum Gasteiger partial charge on any atom is -0.462 e. The molecule has 0 aliphatic heterocycles. The molecule has 0 heterocycles. The van der Waals surface area contributed by atoms with Gasteiger partial charge in [-0.3, -0.25) is 14.4 Å². The summed E-state index contributed by atoms with van der Waals surface area (Å²) in [6.45, 7) is 6.49. The van der Waals surface area contributed by atoms with Crippen LogP contribution in [0.2, 0.25) is 0 Å². The van der Waals surface area contributed by atoms with E-state index in [4.69, 9.17) is 14.2 Å². The normalized spacial score (nSPS) is 12.4. The van der Waals surface area contributed by atoms with Gasteiger partial charge in [0.05, 0.1) is 0 Å². The van der Waals surface area contributed by atoms with Crippen LogP contribution in [-0.4, -0.2) is 37.2 Å². The molecule has 0 aromatic rings. The minimum absolute atomic E-state index is 0.0702. The Labute approximate surface area is 397 Å². The number of hydrogen-bond donors (Lipinski definition) is 0. The first-order valence-corrected chi connectivity index (χ1v) is 27.6. The predicted molar refractivity (Wildman–Crippen MR) is 275 cm³/mol. The molecule has 0 spiro atoms. The van der Waals surface area contributed by atoms with Crippen LogP contribution in [0.15, 0.2) is 48.6 Å². The first-order valence-electron chi connectivity index (χ1n) is 27.6.